The van der Waals surface area contributed by atoms with Crippen LogP contribution in [0.15, 0.2) is 48.7 Å². The van der Waals surface area contributed by atoms with Crippen LogP contribution in [-0.4, -0.2) is 10.9 Å². The molecule has 1 heterocycles. The number of aromatic amines is 1. The van der Waals surface area contributed by atoms with E-state index in [-0.39, 0.29) is 5.91 Å². The number of rotatable bonds is 3. The fraction of sp³-hybridized carbons (Fsp3) is 0.158. The van der Waals surface area contributed by atoms with E-state index >= 15 is 0 Å². The monoisotopic (exact) mass is 337 g/mol. The van der Waals surface area contributed by atoms with Gasteiger partial charge in [0.05, 0.1) is 16.7 Å². The van der Waals surface area contributed by atoms with Crippen LogP contribution >= 0.6 is 11.6 Å². The third kappa shape index (κ3) is 2.75. The van der Waals surface area contributed by atoms with Gasteiger partial charge in [-0.2, -0.15) is 5.26 Å². The summed E-state index contributed by atoms with van der Waals surface area (Å²) in [6.07, 6.45) is 1.83. The lowest BCUT2D eigenvalue weighted by molar-refractivity contribution is -0.120. The number of hydrogen-bond donors (Lipinski definition) is 2. The number of nitrogens with one attached hydrogen (secondary N) is 2. The summed E-state index contributed by atoms with van der Waals surface area (Å²) in [7, 11) is 0. The molecule has 4 nitrogen and oxygen atoms in total. The third-order valence-corrected chi connectivity index (χ3v) is 4.42. The Balaban J connectivity index is 1.97. The lowest BCUT2D eigenvalue weighted by atomic mass is 9.83. The van der Waals surface area contributed by atoms with E-state index in [9.17, 15) is 4.79 Å². The van der Waals surface area contributed by atoms with Crippen LogP contribution in [0.3, 0.4) is 0 Å². The lowest BCUT2D eigenvalue weighted by Gasteiger charge is -2.23. The maximum Gasteiger partial charge on any atom is 0.234 e. The van der Waals surface area contributed by atoms with E-state index in [2.05, 4.69) is 16.4 Å². The number of amides is 1. The molecule has 24 heavy (non-hydrogen) atoms. The molecule has 0 spiro atoms. The fourth-order valence-electron chi connectivity index (χ4n) is 2.71. The third-order valence-electron chi connectivity index (χ3n) is 4.18. The lowest BCUT2D eigenvalue weighted by Crippen LogP contribution is -2.34. The second kappa shape index (κ2) is 6.03. The number of nitrogens with zero attached hydrogens (tertiary/aromatic N) is 1. The van der Waals surface area contributed by atoms with Crippen molar-refractivity contribution in [1.29, 1.82) is 5.26 Å². The molecule has 0 atom stereocenters. The molecule has 0 saturated heterocycles. The van der Waals surface area contributed by atoms with Gasteiger partial charge in [-0.3, -0.25) is 4.79 Å². The minimum Gasteiger partial charge on any atom is -0.361 e. The minimum atomic E-state index is -0.783. The van der Waals surface area contributed by atoms with Crippen molar-refractivity contribution < 1.29 is 4.79 Å². The summed E-state index contributed by atoms with van der Waals surface area (Å²) >= 11 is 6.02. The normalized spacial score (nSPS) is 11.2. The van der Waals surface area contributed by atoms with Gasteiger partial charge in [0.15, 0.2) is 0 Å². The molecule has 3 aromatic rings. The molecule has 5 heteroatoms. The average molecular weight is 338 g/mol. The highest BCUT2D eigenvalue weighted by Gasteiger charge is 2.32. The van der Waals surface area contributed by atoms with Gasteiger partial charge in [-0.15, -0.1) is 0 Å². The Labute approximate surface area is 145 Å². The van der Waals surface area contributed by atoms with Gasteiger partial charge >= 0.3 is 0 Å². The quantitative estimate of drug-likeness (QED) is 0.732. The van der Waals surface area contributed by atoms with Gasteiger partial charge < -0.3 is 10.3 Å². The first-order valence-electron chi connectivity index (χ1n) is 7.51. The van der Waals surface area contributed by atoms with Crippen molar-refractivity contribution in [3.8, 4) is 6.07 Å². The number of halogens is 1. The smallest absolute Gasteiger partial charge is 0.234 e. The first-order valence-corrected chi connectivity index (χ1v) is 7.89. The Morgan fingerprint density at radius 3 is 2.75 bits per heavy atom. The fourth-order valence-corrected chi connectivity index (χ4v) is 2.88. The second-order valence-electron chi connectivity index (χ2n) is 6.13. The van der Waals surface area contributed by atoms with E-state index in [0.29, 0.717) is 16.3 Å². The summed E-state index contributed by atoms with van der Waals surface area (Å²) < 4.78 is 0. The molecule has 1 aromatic heterocycles. The number of fused-ring (bicyclic) bond motifs is 1. The van der Waals surface area contributed by atoms with Crippen molar-refractivity contribution in [1.82, 2.24) is 4.98 Å². The second-order valence-corrected chi connectivity index (χ2v) is 6.57. The van der Waals surface area contributed by atoms with E-state index in [1.54, 1.807) is 30.3 Å². The SMILES string of the molecule is CC(C)(C(=O)Nc1ccccc1C#N)c1c[nH]c2cc(Cl)ccc12. The van der Waals surface area contributed by atoms with Crippen molar-refractivity contribution in [3.05, 3.63) is 64.8 Å². The molecule has 3 rings (SSSR count). The molecule has 0 fully saturated rings. The van der Waals surface area contributed by atoms with Crippen molar-refractivity contribution in [3.63, 3.8) is 0 Å². The van der Waals surface area contributed by atoms with Crippen molar-refractivity contribution >= 4 is 34.1 Å². The number of nitriles is 1. The topological polar surface area (TPSA) is 68.7 Å². The molecule has 0 aliphatic heterocycles. The zero-order valence-corrected chi connectivity index (χ0v) is 14.1. The number of benzene rings is 2. The van der Waals surface area contributed by atoms with Crippen molar-refractivity contribution in [2.24, 2.45) is 0 Å². The predicted molar refractivity (Wildman–Crippen MR) is 96.1 cm³/mol. The standard InChI is InChI=1S/C19H16ClN3O/c1-19(2,15-11-22-17-9-13(20)7-8-14(15)17)18(24)23-16-6-4-3-5-12(16)10-21/h3-9,11,22H,1-2H3,(H,23,24). The molecule has 2 aromatic carbocycles. The molecule has 0 radical (unpaired) electrons. The van der Waals surface area contributed by atoms with E-state index in [1.807, 2.05) is 32.2 Å². The summed E-state index contributed by atoms with van der Waals surface area (Å²) in [4.78, 5) is 16.0. The molecule has 0 bridgehead atoms. The predicted octanol–water partition coefficient (Wildman–Crippen LogP) is 4.61. The summed E-state index contributed by atoms with van der Waals surface area (Å²) in [5.74, 6) is -0.180. The van der Waals surface area contributed by atoms with Crippen LogP contribution < -0.4 is 5.32 Å². The first-order chi connectivity index (χ1) is 11.4. The molecule has 0 saturated carbocycles. The Morgan fingerprint density at radius 1 is 1.25 bits per heavy atom. The molecule has 0 unspecified atom stereocenters. The first kappa shape index (κ1) is 16.1. The molecular weight excluding hydrogens is 322 g/mol. The summed E-state index contributed by atoms with van der Waals surface area (Å²) in [5, 5.41) is 13.6. The van der Waals surface area contributed by atoms with Gasteiger partial charge in [0.2, 0.25) is 5.91 Å². The number of anilines is 1. The maximum atomic E-state index is 12.9. The Morgan fingerprint density at radius 2 is 2.00 bits per heavy atom. The summed E-state index contributed by atoms with van der Waals surface area (Å²) in [6.45, 7) is 3.71. The Hall–Kier alpha value is -2.77. The van der Waals surface area contributed by atoms with E-state index < -0.39 is 5.41 Å². The van der Waals surface area contributed by atoms with Gasteiger partial charge in [-0.05, 0) is 43.7 Å². The highest BCUT2D eigenvalue weighted by Crippen LogP contribution is 2.33. The van der Waals surface area contributed by atoms with Crippen LogP contribution in [0.5, 0.6) is 0 Å². The number of para-hydroxylation sites is 1. The van der Waals surface area contributed by atoms with Crippen molar-refractivity contribution in [2.45, 2.75) is 19.3 Å². The molecule has 0 aliphatic carbocycles. The zero-order chi connectivity index (χ0) is 17.3. The van der Waals surface area contributed by atoms with Crippen LogP contribution in [0.25, 0.3) is 10.9 Å². The van der Waals surface area contributed by atoms with Crippen LogP contribution in [0.2, 0.25) is 5.02 Å². The molecular formula is C19H16ClN3O. The van der Waals surface area contributed by atoms with E-state index in [0.717, 1.165) is 16.5 Å². The van der Waals surface area contributed by atoms with Crippen LogP contribution in [0.4, 0.5) is 5.69 Å². The average Bonchev–Trinajstić information content (AvgIpc) is 2.98. The van der Waals surface area contributed by atoms with Gasteiger partial charge in [-0.25, -0.2) is 0 Å². The van der Waals surface area contributed by atoms with E-state index in [1.165, 1.54) is 0 Å². The van der Waals surface area contributed by atoms with Gasteiger partial charge in [0, 0.05) is 22.1 Å². The van der Waals surface area contributed by atoms with Crippen LogP contribution in [0.1, 0.15) is 25.0 Å². The molecule has 1 amide bonds. The Bertz CT molecular complexity index is 966. The molecule has 0 aliphatic rings. The van der Waals surface area contributed by atoms with Crippen LogP contribution in [-0.2, 0) is 10.2 Å². The highest BCUT2D eigenvalue weighted by molar-refractivity contribution is 6.31. The highest BCUT2D eigenvalue weighted by atomic mass is 35.5. The summed E-state index contributed by atoms with van der Waals surface area (Å²) in [5.41, 5.74) is 1.93. The summed E-state index contributed by atoms with van der Waals surface area (Å²) in [6, 6.07) is 14.6. The largest absolute Gasteiger partial charge is 0.361 e. The Kier molecular flexibility index (Phi) is 4.04. The molecule has 120 valence electrons. The van der Waals surface area contributed by atoms with Gasteiger partial charge in [0.1, 0.15) is 6.07 Å². The van der Waals surface area contributed by atoms with E-state index in [4.69, 9.17) is 16.9 Å². The maximum absolute atomic E-state index is 12.9. The van der Waals surface area contributed by atoms with Crippen molar-refractivity contribution in [2.75, 3.05) is 5.32 Å². The van der Waals surface area contributed by atoms with Crippen LogP contribution in [0, 0.1) is 11.3 Å². The van der Waals surface area contributed by atoms with Gasteiger partial charge in [-0.1, -0.05) is 29.8 Å². The van der Waals surface area contributed by atoms with Gasteiger partial charge in [0.25, 0.3) is 0 Å². The molecule has 2 N–H and O–H groups in total. The number of aromatic nitrogens is 1. The zero-order valence-electron chi connectivity index (χ0n) is 13.4. The number of carbonyl (C=O) groups is 1. The number of hydrogen-bond acceptors (Lipinski definition) is 2. The number of H-pyrrole nitrogens is 1. The minimum absolute atomic E-state index is 0.180. The number of carbonyl (C=O) groups excluding carboxylic acids is 1.